The van der Waals surface area contributed by atoms with E-state index < -0.39 is 0 Å². The molecule has 6 heteroatoms. The number of rotatable bonds is 9. The Morgan fingerprint density at radius 1 is 1.50 bits per heavy atom. The highest BCUT2D eigenvalue weighted by Gasteiger charge is 2.27. The van der Waals surface area contributed by atoms with E-state index in [1.807, 2.05) is 5.38 Å². The molecule has 0 aliphatic carbocycles. The van der Waals surface area contributed by atoms with Gasteiger partial charge in [-0.05, 0) is 41.4 Å². The number of carbonyl (C=O) groups is 1. The molecule has 0 aliphatic heterocycles. The summed E-state index contributed by atoms with van der Waals surface area (Å²) in [6.07, 6.45) is 2.98. The van der Waals surface area contributed by atoms with E-state index in [9.17, 15) is 4.79 Å². The highest BCUT2D eigenvalue weighted by Crippen LogP contribution is 2.32. The predicted octanol–water partition coefficient (Wildman–Crippen LogP) is 2.88. The maximum Gasteiger partial charge on any atom is 0.231 e. The number of unbranched alkanes of at least 4 members (excludes halogenated alkanes) is 1. The van der Waals surface area contributed by atoms with Gasteiger partial charge >= 0.3 is 0 Å². The lowest BCUT2D eigenvalue weighted by molar-refractivity contribution is -0.119. The van der Waals surface area contributed by atoms with E-state index in [0.29, 0.717) is 0 Å². The van der Waals surface area contributed by atoms with Gasteiger partial charge < -0.3 is 11.5 Å². The summed E-state index contributed by atoms with van der Waals surface area (Å²) in [6.45, 7) is 5.31. The maximum absolute atomic E-state index is 11.4. The summed E-state index contributed by atoms with van der Waals surface area (Å²) in [5, 5.41) is 2.05. The van der Waals surface area contributed by atoms with Crippen molar-refractivity contribution in [3.8, 4) is 0 Å². The first kappa shape index (κ1) is 17.6. The Balaban J connectivity index is 2.99. The van der Waals surface area contributed by atoms with Crippen molar-refractivity contribution in [2.45, 2.75) is 45.2 Å². The fraction of sp³-hybridized carbons (Fsp3) is 0.643. The number of primary amides is 1. The van der Waals surface area contributed by atoms with Crippen molar-refractivity contribution in [3.05, 3.63) is 20.8 Å². The van der Waals surface area contributed by atoms with Gasteiger partial charge in [0.1, 0.15) is 0 Å². The van der Waals surface area contributed by atoms with Gasteiger partial charge in [-0.15, -0.1) is 11.3 Å². The van der Waals surface area contributed by atoms with Crippen LogP contribution in [0, 0.1) is 0 Å². The number of hydrogen-bond donors (Lipinski definition) is 2. The molecule has 1 rings (SSSR count). The van der Waals surface area contributed by atoms with Crippen molar-refractivity contribution >= 4 is 33.2 Å². The van der Waals surface area contributed by atoms with Gasteiger partial charge in [0.05, 0.1) is 12.6 Å². The number of nitrogens with zero attached hydrogens (tertiary/aromatic N) is 1. The molecule has 1 aromatic heterocycles. The van der Waals surface area contributed by atoms with Crippen LogP contribution in [0.5, 0.6) is 0 Å². The molecule has 1 amide bonds. The molecule has 0 saturated heterocycles. The summed E-state index contributed by atoms with van der Waals surface area (Å²) < 4.78 is 1.06. The van der Waals surface area contributed by atoms with Crippen LogP contribution in [0.1, 0.15) is 44.0 Å². The molecule has 0 bridgehead atoms. The topological polar surface area (TPSA) is 72.3 Å². The summed E-state index contributed by atoms with van der Waals surface area (Å²) in [4.78, 5) is 14.7. The number of halogens is 1. The molecule has 2 atom stereocenters. The zero-order valence-electron chi connectivity index (χ0n) is 12.1. The Kier molecular flexibility index (Phi) is 7.72. The van der Waals surface area contributed by atoms with Gasteiger partial charge in [-0.3, -0.25) is 9.69 Å². The highest BCUT2D eigenvalue weighted by atomic mass is 79.9. The van der Waals surface area contributed by atoms with Gasteiger partial charge in [0, 0.05) is 20.8 Å². The zero-order chi connectivity index (χ0) is 15.1. The lowest BCUT2D eigenvalue weighted by Crippen LogP contribution is -2.44. The van der Waals surface area contributed by atoms with Gasteiger partial charge in [-0.25, -0.2) is 0 Å². The van der Waals surface area contributed by atoms with E-state index in [0.717, 1.165) is 30.3 Å². The normalized spacial score (nSPS) is 14.4. The van der Waals surface area contributed by atoms with Crippen LogP contribution >= 0.6 is 27.3 Å². The molecule has 0 aromatic carbocycles. The van der Waals surface area contributed by atoms with Crippen LogP contribution in [0.3, 0.4) is 0 Å². The number of nitrogens with two attached hydrogens (primary N) is 2. The lowest BCUT2D eigenvalue weighted by atomic mass is 10.0. The van der Waals surface area contributed by atoms with Crippen molar-refractivity contribution in [3.63, 3.8) is 0 Å². The predicted molar refractivity (Wildman–Crippen MR) is 88.7 cm³/mol. The molecule has 0 aliphatic rings. The molecule has 2 unspecified atom stereocenters. The quantitative estimate of drug-likeness (QED) is 0.710. The Morgan fingerprint density at radius 2 is 2.20 bits per heavy atom. The number of amides is 1. The number of hydrogen-bond acceptors (Lipinski definition) is 4. The second-order valence-corrected chi connectivity index (χ2v) is 6.83. The third-order valence-corrected chi connectivity index (χ3v) is 5.07. The van der Waals surface area contributed by atoms with E-state index in [4.69, 9.17) is 11.5 Å². The van der Waals surface area contributed by atoms with Crippen molar-refractivity contribution in [2.75, 3.05) is 13.1 Å². The molecule has 0 spiro atoms. The van der Waals surface area contributed by atoms with Gasteiger partial charge in [-0.2, -0.15) is 0 Å². The Hall–Kier alpha value is -0.430. The summed E-state index contributed by atoms with van der Waals surface area (Å²) in [5.74, 6) is -0.301. The van der Waals surface area contributed by atoms with Crippen LogP contribution in [0.15, 0.2) is 15.9 Å². The van der Waals surface area contributed by atoms with Crippen LogP contribution in [0.25, 0.3) is 0 Å². The summed E-state index contributed by atoms with van der Waals surface area (Å²) in [5.41, 5.74) is 11.7. The van der Waals surface area contributed by atoms with Crippen molar-refractivity contribution < 1.29 is 4.79 Å². The zero-order valence-corrected chi connectivity index (χ0v) is 14.5. The molecule has 0 radical (unpaired) electrons. The first-order chi connectivity index (χ1) is 9.49. The maximum atomic E-state index is 11.4. The SMILES string of the molecule is CCCCN(CC(N)=O)C(c1cc(Br)cs1)C(N)CC. The number of thiophene rings is 1. The highest BCUT2D eigenvalue weighted by molar-refractivity contribution is 9.10. The van der Waals surface area contributed by atoms with Crippen LogP contribution in [0.2, 0.25) is 0 Å². The van der Waals surface area contributed by atoms with Crippen LogP contribution in [-0.2, 0) is 4.79 Å². The molecule has 20 heavy (non-hydrogen) atoms. The minimum atomic E-state index is -0.301. The molecular weight excluding hydrogens is 338 g/mol. The molecule has 114 valence electrons. The van der Waals surface area contributed by atoms with Gasteiger partial charge in [0.15, 0.2) is 0 Å². The third-order valence-electron chi connectivity index (χ3n) is 3.31. The molecule has 4 nitrogen and oxygen atoms in total. The molecule has 0 saturated carbocycles. The monoisotopic (exact) mass is 361 g/mol. The van der Waals surface area contributed by atoms with Gasteiger partial charge in [0.2, 0.25) is 5.91 Å². The smallest absolute Gasteiger partial charge is 0.231 e. The first-order valence-electron chi connectivity index (χ1n) is 7.01. The molecular formula is C14H24BrN3OS. The molecule has 1 aromatic rings. The van der Waals surface area contributed by atoms with Gasteiger partial charge in [-0.1, -0.05) is 20.3 Å². The molecule has 1 heterocycles. The molecule has 4 N–H and O–H groups in total. The van der Waals surface area contributed by atoms with Gasteiger partial charge in [0.25, 0.3) is 0 Å². The fourth-order valence-electron chi connectivity index (χ4n) is 2.25. The Morgan fingerprint density at radius 3 is 2.65 bits per heavy atom. The van der Waals surface area contributed by atoms with Crippen LogP contribution < -0.4 is 11.5 Å². The van der Waals surface area contributed by atoms with Crippen molar-refractivity contribution in [2.24, 2.45) is 11.5 Å². The fourth-order valence-corrected chi connectivity index (χ4v) is 3.90. The van der Waals surface area contributed by atoms with Crippen molar-refractivity contribution in [1.82, 2.24) is 4.90 Å². The van der Waals surface area contributed by atoms with E-state index >= 15 is 0 Å². The van der Waals surface area contributed by atoms with Crippen LogP contribution in [0.4, 0.5) is 0 Å². The Labute approximate surface area is 133 Å². The van der Waals surface area contributed by atoms with E-state index in [1.54, 1.807) is 11.3 Å². The first-order valence-corrected chi connectivity index (χ1v) is 8.68. The molecule has 0 fully saturated rings. The second kappa shape index (κ2) is 8.77. The number of carbonyl (C=O) groups excluding carboxylic acids is 1. The minimum absolute atomic E-state index is 0.00300. The summed E-state index contributed by atoms with van der Waals surface area (Å²) >= 11 is 5.15. The lowest BCUT2D eigenvalue weighted by Gasteiger charge is -2.34. The van der Waals surface area contributed by atoms with E-state index in [2.05, 4.69) is 40.7 Å². The Bertz CT molecular complexity index is 424. The largest absolute Gasteiger partial charge is 0.369 e. The average Bonchev–Trinajstić information content (AvgIpc) is 2.81. The average molecular weight is 362 g/mol. The summed E-state index contributed by atoms with van der Waals surface area (Å²) in [6, 6.07) is 2.14. The van der Waals surface area contributed by atoms with Crippen LogP contribution in [-0.4, -0.2) is 29.9 Å². The van der Waals surface area contributed by atoms with E-state index in [-0.39, 0.29) is 24.5 Å². The summed E-state index contributed by atoms with van der Waals surface area (Å²) in [7, 11) is 0. The van der Waals surface area contributed by atoms with Crippen molar-refractivity contribution in [1.29, 1.82) is 0 Å². The minimum Gasteiger partial charge on any atom is -0.369 e. The van der Waals surface area contributed by atoms with E-state index in [1.165, 1.54) is 4.88 Å². The third kappa shape index (κ3) is 5.16. The standard InChI is InChI=1S/C14H24BrN3OS/c1-3-5-6-18(8-13(17)19)14(11(16)4-2)12-7-10(15)9-20-12/h7,9,11,14H,3-6,8,16H2,1-2H3,(H2,17,19). The second-order valence-electron chi connectivity index (χ2n) is 4.97.